The molecule has 0 saturated heterocycles. The van der Waals surface area contributed by atoms with Gasteiger partial charge in [0.25, 0.3) is 5.91 Å². The molecular weight excluding hydrogens is 448 g/mol. The van der Waals surface area contributed by atoms with E-state index in [0.717, 1.165) is 5.56 Å². The van der Waals surface area contributed by atoms with E-state index in [-0.39, 0.29) is 18.6 Å². The number of hydrogen-bond acceptors (Lipinski definition) is 6. The van der Waals surface area contributed by atoms with Crippen molar-refractivity contribution in [1.82, 2.24) is 4.90 Å². The van der Waals surface area contributed by atoms with Gasteiger partial charge in [0.1, 0.15) is 19.3 Å². The second-order valence-corrected chi connectivity index (χ2v) is 8.06. The van der Waals surface area contributed by atoms with Gasteiger partial charge >= 0.3 is 0 Å². The highest BCUT2D eigenvalue weighted by atomic mass is 16.7. The molecule has 0 saturated carbocycles. The highest BCUT2D eigenvalue weighted by Gasteiger charge is 2.28. The number of likely N-dealkylation sites (N-methyl/N-ethyl adjacent to an activating group) is 1. The van der Waals surface area contributed by atoms with E-state index in [2.05, 4.69) is 5.32 Å². The van der Waals surface area contributed by atoms with E-state index >= 15 is 0 Å². The fourth-order valence-electron chi connectivity index (χ4n) is 3.95. The Morgan fingerprint density at radius 3 is 2.37 bits per heavy atom. The Hall–Kier alpha value is -4.46. The van der Waals surface area contributed by atoms with Gasteiger partial charge in [-0.3, -0.25) is 9.59 Å². The van der Waals surface area contributed by atoms with Crippen molar-refractivity contribution in [3.8, 4) is 23.0 Å². The van der Waals surface area contributed by atoms with Crippen LogP contribution in [0, 0.1) is 0 Å². The number of rotatable bonds is 6. The van der Waals surface area contributed by atoms with Crippen LogP contribution in [0.1, 0.15) is 17.2 Å². The maximum Gasteiger partial charge on any atom is 0.251 e. The number of benzene rings is 3. The van der Waals surface area contributed by atoms with Gasteiger partial charge in [0, 0.05) is 24.9 Å². The summed E-state index contributed by atoms with van der Waals surface area (Å²) in [6.45, 7) is 1.12. The molecular formula is C27H24N2O6. The third kappa shape index (κ3) is 4.91. The molecule has 0 aromatic heterocycles. The monoisotopic (exact) mass is 472 g/mol. The minimum Gasteiger partial charge on any atom is -0.486 e. The lowest BCUT2D eigenvalue weighted by atomic mass is 10.0. The number of fused-ring (bicyclic) bond motifs is 2. The zero-order valence-electron chi connectivity index (χ0n) is 19.1. The number of amides is 2. The van der Waals surface area contributed by atoms with Gasteiger partial charge < -0.3 is 29.2 Å². The standard InChI is InChI=1S/C27H24N2O6/c1-29(25(30)12-8-18-7-10-22-23(15-18)35-17-34-22)26(19-5-3-2-4-6-19)27(31)28-20-9-11-21-24(16-20)33-14-13-32-21/h2-12,15-16,26H,13-14,17H2,1H3,(H,28,31)/b12-8-/t26-/m1/s1. The van der Waals surface area contributed by atoms with E-state index in [0.29, 0.717) is 47.5 Å². The van der Waals surface area contributed by atoms with Crippen LogP contribution in [-0.4, -0.2) is 43.8 Å². The third-order valence-corrected chi connectivity index (χ3v) is 5.72. The maximum atomic E-state index is 13.4. The average molecular weight is 472 g/mol. The first-order valence-corrected chi connectivity index (χ1v) is 11.2. The smallest absolute Gasteiger partial charge is 0.251 e. The van der Waals surface area contributed by atoms with Crippen molar-refractivity contribution in [1.29, 1.82) is 0 Å². The van der Waals surface area contributed by atoms with Crippen LogP contribution < -0.4 is 24.3 Å². The molecule has 5 rings (SSSR count). The summed E-state index contributed by atoms with van der Waals surface area (Å²) in [7, 11) is 1.60. The van der Waals surface area contributed by atoms with Crippen LogP contribution in [0.25, 0.3) is 6.08 Å². The van der Waals surface area contributed by atoms with Gasteiger partial charge in [0.15, 0.2) is 23.0 Å². The topological polar surface area (TPSA) is 86.3 Å². The molecule has 35 heavy (non-hydrogen) atoms. The maximum absolute atomic E-state index is 13.4. The third-order valence-electron chi connectivity index (χ3n) is 5.72. The van der Waals surface area contributed by atoms with Crippen molar-refractivity contribution >= 4 is 23.6 Å². The van der Waals surface area contributed by atoms with Crippen molar-refractivity contribution < 1.29 is 28.5 Å². The van der Waals surface area contributed by atoms with Gasteiger partial charge in [-0.15, -0.1) is 0 Å². The van der Waals surface area contributed by atoms with Crippen LogP contribution in [0.5, 0.6) is 23.0 Å². The summed E-state index contributed by atoms with van der Waals surface area (Å²) in [5.41, 5.74) is 2.03. The Bertz CT molecular complexity index is 1270. The van der Waals surface area contributed by atoms with Gasteiger partial charge in [-0.2, -0.15) is 0 Å². The second kappa shape index (κ2) is 9.80. The van der Waals surface area contributed by atoms with E-state index in [4.69, 9.17) is 18.9 Å². The summed E-state index contributed by atoms with van der Waals surface area (Å²) in [5.74, 6) is 1.84. The highest BCUT2D eigenvalue weighted by Crippen LogP contribution is 2.34. The van der Waals surface area contributed by atoms with Crippen LogP contribution in [0.3, 0.4) is 0 Å². The fourth-order valence-corrected chi connectivity index (χ4v) is 3.95. The van der Waals surface area contributed by atoms with E-state index in [1.54, 1.807) is 43.5 Å². The number of carbonyl (C=O) groups excluding carboxylic acids is 2. The summed E-state index contributed by atoms with van der Waals surface area (Å²) in [5, 5.41) is 2.91. The van der Waals surface area contributed by atoms with Crippen LogP contribution in [0.2, 0.25) is 0 Å². The molecule has 8 heteroatoms. The van der Waals surface area contributed by atoms with Crippen LogP contribution in [-0.2, 0) is 9.59 Å². The van der Waals surface area contributed by atoms with Gasteiger partial charge in [0.05, 0.1) is 0 Å². The molecule has 1 atom stereocenters. The predicted octanol–water partition coefficient (Wildman–Crippen LogP) is 4.04. The molecule has 2 amide bonds. The Morgan fingerprint density at radius 2 is 1.54 bits per heavy atom. The molecule has 8 nitrogen and oxygen atoms in total. The largest absolute Gasteiger partial charge is 0.486 e. The lowest BCUT2D eigenvalue weighted by molar-refractivity contribution is -0.133. The molecule has 1 N–H and O–H groups in total. The lowest BCUT2D eigenvalue weighted by Gasteiger charge is -2.27. The molecule has 0 radical (unpaired) electrons. The lowest BCUT2D eigenvalue weighted by Crippen LogP contribution is -2.37. The first-order chi connectivity index (χ1) is 17.1. The molecule has 0 fully saturated rings. The Labute approximate surface area is 202 Å². The van der Waals surface area contributed by atoms with Gasteiger partial charge in [-0.05, 0) is 41.5 Å². The first kappa shape index (κ1) is 22.3. The van der Waals surface area contributed by atoms with Crippen molar-refractivity contribution in [3.05, 3.63) is 83.9 Å². The SMILES string of the molecule is CN(C(=O)/C=C\c1ccc2c(c1)OCO2)[C@@H](C(=O)Nc1ccc2c(c1)OCCO2)c1ccccc1. The summed E-state index contributed by atoms with van der Waals surface area (Å²) in [6, 6.07) is 19.0. The Balaban J connectivity index is 1.35. The van der Waals surface area contributed by atoms with Crippen LogP contribution in [0.15, 0.2) is 72.8 Å². The highest BCUT2D eigenvalue weighted by molar-refractivity contribution is 6.00. The number of hydrogen-bond donors (Lipinski definition) is 1. The number of nitrogens with one attached hydrogen (secondary N) is 1. The van der Waals surface area contributed by atoms with Crippen LogP contribution >= 0.6 is 0 Å². The first-order valence-electron chi connectivity index (χ1n) is 11.2. The zero-order chi connectivity index (χ0) is 24.2. The summed E-state index contributed by atoms with van der Waals surface area (Å²) < 4.78 is 21.9. The quantitative estimate of drug-likeness (QED) is 0.545. The number of anilines is 1. The van der Waals surface area contributed by atoms with E-state index in [9.17, 15) is 9.59 Å². The van der Waals surface area contributed by atoms with Crippen LogP contribution in [0.4, 0.5) is 5.69 Å². The summed E-state index contributed by atoms with van der Waals surface area (Å²) in [6.07, 6.45) is 3.12. The summed E-state index contributed by atoms with van der Waals surface area (Å²) >= 11 is 0. The minimum absolute atomic E-state index is 0.182. The molecule has 178 valence electrons. The molecule has 3 aromatic rings. The molecule has 3 aromatic carbocycles. The summed E-state index contributed by atoms with van der Waals surface area (Å²) in [4.78, 5) is 27.9. The van der Waals surface area contributed by atoms with Gasteiger partial charge in [-0.1, -0.05) is 36.4 Å². The normalized spacial score (nSPS) is 14.4. The van der Waals surface area contributed by atoms with E-state index in [1.165, 1.54) is 11.0 Å². The second-order valence-electron chi connectivity index (χ2n) is 8.06. The van der Waals surface area contributed by atoms with Crippen molar-refractivity contribution in [2.24, 2.45) is 0 Å². The van der Waals surface area contributed by atoms with Crippen molar-refractivity contribution in [2.75, 3.05) is 32.4 Å². The Morgan fingerprint density at radius 1 is 0.857 bits per heavy atom. The molecule has 2 heterocycles. The van der Waals surface area contributed by atoms with Crippen molar-refractivity contribution in [2.45, 2.75) is 6.04 Å². The number of carbonyl (C=O) groups is 2. The number of nitrogens with zero attached hydrogens (tertiary/aromatic N) is 1. The molecule has 0 bridgehead atoms. The molecule has 0 spiro atoms. The molecule has 0 aliphatic carbocycles. The van der Waals surface area contributed by atoms with Gasteiger partial charge in [0.2, 0.25) is 12.7 Å². The molecule has 2 aliphatic rings. The van der Waals surface area contributed by atoms with Crippen molar-refractivity contribution in [3.63, 3.8) is 0 Å². The number of ether oxygens (including phenoxy) is 4. The Kier molecular flexibility index (Phi) is 6.26. The van der Waals surface area contributed by atoms with E-state index in [1.807, 2.05) is 36.4 Å². The fraction of sp³-hybridized carbons (Fsp3) is 0.185. The predicted molar refractivity (Wildman–Crippen MR) is 130 cm³/mol. The molecule has 0 unspecified atom stereocenters. The zero-order valence-corrected chi connectivity index (χ0v) is 19.1. The van der Waals surface area contributed by atoms with Gasteiger partial charge in [-0.25, -0.2) is 0 Å². The van der Waals surface area contributed by atoms with E-state index < -0.39 is 6.04 Å². The minimum atomic E-state index is -0.849. The molecule has 2 aliphatic heterocycles. The average Bonchev–Trinajstić information content (AvgIpc) is 3.36.